The normalized spacial score (nSPS) is 10.6. The maximum absolute atomic E-state index is 11.2. The summed E-state index contributed by atoms with van der Waals surface area (Å²) >= 11 is 5.86. The van der Waals surface area contributed by atoms with Crippen LogP contribution in [0.5, 0.6) is 0 Å². The zero-order valence-electron chi connectivity index (χ0n) is 10.4. The van der Waals surface area contributed by atoms with Gasteiger partial charge in [0.05, 0.1) is 6.61 Å². The van der Waals surface area contributed by atoms with Gasteiger partial charge in [-0.05, 0) is 29.7 Å². The number of carbonyl (C=O) groups is 1. The lowest BCUT2D eigenvalue weighted by Crippen LogP contribution is -2.04. The fourth-order valence-corrected chi connectivity index (χ4v) is 2.12. The molecule has 2 N–H and O–H groups in total. The van der Waals surface area contributed by atoms with E-state index >= 15 is 0 Å². The van der Waals surface area contributed by atoms with E-state index in [1.54, 1.807) is 25.4 Å². The number of aromatic carboxylic acids is 1. The van der Waals surface area contributed by atoms with E-state index in [-0.39, 0.29) is 5.69 Å². The monoisotopic (exact) mass is 279 g/mol. The fraction of sp³-hybridized carbons (Fsp3) is 0.214. The van der Waals surface area contributed by atoms with E-state index in [2.05, 4.69) is 4.98 Å². The van der Waals surface area contributed by atoms with Crippen molar-refractivity contribution in [1.29, 1.82) is 0 Å². The Kier molecular flexibility index (Phi) is 4.24. The summed E-state index contributed by atoms with van der Waals surface area (Å²) in [5.41, 5.74) is 2.75. The average molecular weight is 280 g/mol. The molecule has 0 aliphatic heterocycles. The zero-order valence-corrected chi connectivity index (χ0v) is 11.2. The smallest absolute Gasteiger partial charge is 0.352 e. The van der Waals surface area contributed by atoms with Gasteiger partial charge in [-0.1, -0.05) is 23.7 Å². The van der Waals surface area contributed by atoms with E-state index in [9.17, 15) is 9.90 Å². The molecule has 2 rings (SSSR count). The summed E-state index contributed by atoms with van der Waals surface area (Å²) in [5, 5.41) is 9.83. The first-order valence-electron chi connectivity index (χ1n) is 5.82. The highest BCUT2D eigenvalue weighted by Crippen LogP contribution is 2.28. The molecule has 0 saturated heterocycles. The summed E-state index contributed by atoms with van der Waals surface area (Å²) in [4.78, 5) is 14.0. The summed E-state index contributed by atoms with van der Waals surface area (Å²) < 4.78 is 5.03. The van der Waals surface area contributed by atoms with Crippen molar-refractivity contribution in [2.45, 2.75) is 6.42 Å². The van der Waals surface area contributed by atoms with Gasteiger partial charge in [0.2, 0.25) is 0 Å². The Bertz CT molecular complexity index is 575. The number of benzene rings is 1. The van der Waals surface area contributed by atoms with Gasteiger partial charge in [0, 0.05) is 23.9 Å². The molecule has 0 radical (unpaired) electrons. The summed E-state index contributed by atoms with van der Waals surface area (Å²) in [5.74, 6) is -0.966. The van der Waals surface area contributed by atoms with Gasteiger partial charge in [-0.25, -0.2) is 4.79 Å². The maximum Gasteiger partial charge on any atom is 0.352 e. The second-order valence-corrected chi connectivity index (χ2v) is 4.55. The van der Waals surface area contributed by atoms with E-state index in [0.29, 0.717) is 18.1 Å². The first-order valence-corrected chi connectivity index (χ1v) is 6.19. The number of hydrogen-bond acceptors (Lipinski definition) is 2. The van der Waals surface area contributed by atoms with E-state index in [0.717, 1.165) is 16.7 Å². The molecule has 19 heavy (non-hydrogen) atoms. The van der Waals surface area contributed by atoms with Crippen molar-refractivity contribution in [1.82, 2.24) is 4.98 Å². The molecule has 0 atom stereocenters. The zero-order chi connectivity index (χ0) is 13.8. The first kappa shape index (κ1) is 13.6. The number of rotatable bonds is 5. The molecule has 0 aliphatic rings. The average Bonchev–Trinajstić information content (AvgIpc) is 2.81. The Morgan fingerprint density at radius 2 is 2.05 bits per heavy atom. The van der Waals surface area contributed by atoms with Crippen molar-refractivity contribution >= 4 is 17.6 Å². The summed E-state index contributed by atoms with van der Waals surface area (Å²) in [6.07, 6.45) is 2.25. The van der Waals surface area contributed by atoms with Crippen molar-refractivity contribution in [3.8, 4) is 11.1 Å². The highest BCUT2D eigenvalue weighted by atomic mass is 35.5. The second kappa shape index (κ2) is 5.91. The lowest BCUT2D eigenvalue weighted by atomic mass is 10.0. The van der Waals surface area contributed by atoms with Gasteiger partial charge < -0.3 is 14.8 Å². The Morgan fingerprint density at radius 1 is 1.37 bits per heavy atom. The minimum absolute atomic E-state index is 0.210. The van der Waals surface area contributed by atoms with E-state index in [1.165, 1.54) is 0 Å². The molecule has 100 valence electrons. The van der Waals surface area contributed by atoms with Crippen LogP contribution in [0.3, 0.4) is 0 Å². The molecule has 5 heteroatoms. The summed E-state index contributed by atoms with van der Waals surface area (Å²) in [6.45, 7) is 0.471. The predicted octanol–water partition coefficient (Wildman–Crippen LogP) is 3.22. The number of methoxy groups -OCH3 is 1. The van der Waals surface area contributed by atoms with Crippen LogP contribution in [0.4, 0.5) is 0 Å². The van der Waals surface area contributed by atoms with Gasteiger partial charge in [0.1, 0.15) is 5.69 Å². The van der Waals surface area contributed by atoms with Crippen LogP contribution in [-0.4, -0.2) is 29.8 Å². The van der Waals surface area contributed by atoms with Gasteiger partial charge >= 0.3 is 5.97 Å². The topological polar surface area (TPSA) is 62.3 Å². The number of ether oxygens (including phenoxy) is 1. The van der Waals surface area contributed by atoms with Crippen LogP contribution in [0.15, 0.2) is 30.5 Å². The third kappa shape index (κ3) is 2.97. The molecule has 0 bridgehead atoms. The quantitative estimate of drug-likeness (QED) is 0.883. The van der Waals surface area contributed by atoms with E-state index < -0.39 is 5.97 Å². The number of carboxylic acids is 1. The van der Waals surface area contributed by atoms with E-state index in [4.69, 9.17) is 16.3 Å². The van der Waals surface area contributed by atoms with Crippen LogP contribution in [0.2, 0.25) is 5.02 Å². The summed E-state index contributed by atoms with van der Waals surface area (Å²) in [7, 11) is 1.59. The van der Waals surface area contributed by atoms with Gasteiger partial charge in [0.15, 0.2) is 0 Å². The molecule has 0 unspecified atom stereocenters. The Morgan fingerprint density at radius 3 is 2.63 bits per heavy atom. The minimum atomic E-state index is -0.966. The lowest BCUT2D eigenvalue weighted by molar-refractivity contribution is 0.0689. The number of halogens is 1. The Hall–Kier alpha value is -1.78. The molecule has 1 aromatic heterocycles. The molecule has 2 aromatic rings. The lowest BCUT2D eigenvalue weighted by Gasteiger charge is -2.05. The van der Waals surface area contributed by atoms with Crippen LogP contribution >= 0.6 is 11.6 Å². The van der Waals surface area contributed by atoms with Gasteiger partial charge in [-0.2, -0.15) is 0 Å². The third-order valence-corrected chi connectivity index (χ3v) is 3.16. The number of aromatic nitrogens is 1. The molecular weight excluding hydrogens is 266 g/mol. The number of H-pyrrole nitrogens is 1. The molecule has 0 spiro atoms. The van der Waals surface area contributed by atoms with Gasteiger partial charge in [-0.3, -0.25) is 0 Å². The first-order chi connectivity index (χ1) is 9.13. The Balaban J connectivity index is 2.44. The van der Waals surface area contributed by atoms with Crippen LogP contribution in [0.25, 0.3) is 11.1 Å². The molecule has 0 amide bonds. The second-order valence-electron chi connectivity index (χ2n) is 4.11. The number of nitrogens with one attached hydrogen (secondary N) is 1. The van der Waals surface area contributed by atoms with Crippen LogP contribution in [0.1, 0.15) is 16.1 Å². The number of aromatic amines is 1. The van der Waals surface area contributed by atoms with Crippen molar-refractivity contribution in [3.05, 3.63) is 46.7 Å². The van der Waals surface area contributed by atoms with Crippen LogP contribution in [-0.2, 0) is 11.2 Å². The minimum Gasteiger partial charge on any atom is -0.477 e. The fourth-order valence-electron chi connectivity index (χ4n) is 1.99. The number of hydrogen-bond donors (Lipinski definition) is 2. The molecule has 0 saturated carbocycles. The van der Waals surface area contributed by atoms with E-state index in [1.807, 2.05) is 12.1 Å². The van der Waals surface area contributed by atoms with Gasteiger partial charge in [0.25, 0.3) is 0 Å². The predicted molar refractivity (Wildman–Crippen MR) is 73.8 cm³/mol. The summed E-state index contributed by atoms with van der Waals surface area (Å²) in [6, 6.07) is 7.30. The van der Waals surface area contributed by atoms with Crippen molar-refractivity contribution in [3.63, 3.8) is 0 Å². The molecule has 0 fully saturated rings. The molecule has 1 heterocycles. The third-order valence-electron chi connectivity index (χ3n) is 2.91. The molecular formula is C14H14ClNO3. The molecule has 1 aromatic carbocycles. The largest absolute Gasteiger partial charge is 0.477 e. The highest BCUT2D eigenvalue weighted by Gasteiger charge is 2.17. The Labute approximate surface area is 116 Å². The van der Waals surface area contributed by atoms with Crippen molar-refractivity contribution in [2.75, 3.05) is 13.7 Å². The molecule has 0 aliphatic carbocycles. The molecule has 4 nitrogen and oxygen atoms in total. The number of carboxylic acid groups (broad SMARTS) is 1. The SMILES string of the molecule is COCCc1c(-c2ccc(Cl)cc2)c[nH]c1C(=O)O. The standard InChI is InChI=1S/C14H14ClNO3/c1-19-7-6-11-12(8-16-13(11)14(17)18)9-2-4-10(15)5-3-9/h2-5,8,16H,6-7H2,1H3,(H,17,18). The van der Waals surface area contributed by atoms with Crippen LogP contribution in [0, 0.1) is 0 Å². The van der Waals surface area contributed by atoms with Crippen LogP contribution < -0.4 is 0 Å². The van der Waals surface area contributed by atoms with Crippen molar-refractivity contribution in [2.24, 2.45) is 0 Å². The van der Waals surface area contributed by atoms with Gasteiger partial charge in [-0.15, -0.1) is 0 Å². The highest BCUT2D eigenvalue weighted by molar-refractivity contribution is 6.30. The van der Waals surface area contributed by atoms with Crippen molar-refractivity contribution < 1.29 is 14.6 Å². The maximum atomic E-state index is 11.2.